The van der Waals surface area contributed by atoms with E-state index in [1.165, 1.54) is 16.8 Å². The van der Waals surface area contributed by atoms with Crippen molar-refractivity contribution in [1.82, 2.24) is 9.55 Å². The fraction of sp³-hybridized carbons (Fsp3) is 0.375. The number of methoxy groups -OCH3 is 1. The van der Waals surface area contributed by atoms with Gasteiger partial charge in [-0.15, -0.1) is 0 Å². The van der Waals surface area contributed by atoms with E-state index in [0.717, 1.165) is 33.7 Å². The highest BCUT2D eigenvalue weighted by molar-refractivity contribution is 7.92. The van der Waals surface area contributed by atoms with Crippen LogP contribution in [0.4, 0.5) is 5.69 Å². The van der Waals surface area contributed by atoms with Gasteiger partial charge in [0.1, 0.15) is 5.75 Å². The van der Waals surface area contributed by atoms with Crippen molar-refractivity contribution in [2.45, 2.75) is 58.2 Å². The number of rotatable bonds is 9. The number of aromatic nitrogens is 2. The minimum absolute atomic E-state index is 0.0329. The molecule has 3 aromatic carbocycles. The van der Waals surface area contributed by atoms with Crippen molar-refractivity contribution >= 4 is 34.8 Å². The minimum atomic E-state index is -3.41. The third kappa shape index (κ3) is 7.11. The van der Waals surface area contributed by atoms with Gasteiger partial charge in [-0.25, -0.2) is 13.2 Å². The van der Waals surface area contributed by atoms with Gasteiger partial charge in [0, 0.05) is 41.1 Å². The summed E-state index contributed by atoms with van der Waals surface area (Å²) in [5.74, 6) is 0.653. The smallest absolute Gasteiger partial charge is 0.332 e. The Bertz CT molecular complexity index is 1900. The summed E-state index contributed by atoms with van der Waals surface area (Å²) in [5.41, 5.74) is 1.97. The molecule has 0 fully saturated rings. The zero-order valence-corrected chi connectivity index (χ0v) is 28.1. The van der Waals surface area contributed by atoms with E-state index >= 15 is 0 Å². The summed E-state index contributed by atoms with van der Waals surface area (Å²) >= 11 is 0. The molecule has 1 aromatic heterocycles. The second-order valence-corrected chi connectivity index (χ2v) is 19.7. The van der Waals surface area contributed by atoms with Gasteiger partial charge in [0.25, 0.3) is 5.56 Å². The Morgan fingerprint density at radius 2 is 1.58 bits per heavy atom. The lowest BCUT2D eigenvalue weighted by atomic mass is 9.82. The molecule has 0 saturated carbocycles. The van der Waals surface area contributed by atoms with Gasteiger partial charge in [-0.1, -0.05) is 52.8 Å². The van der Waals surface area contributed by atoms with E-state index in [-0.39, 0.29) is 5.04 Å². The van der Waals surface area contributed by atoms with Gasteiger partial charge in [-0.2, -0.15) is 0 Å². The normalized spacial score (nSPS) is 12.9. The molecule has 1 heterocycles. The predicted molar refractivity (Wildman–Crippen MR) is 177 cm³/mol. The number of nitrogens with one attached hydrogen (secondary N) is 2. The Balaban J connectivity index is 1.92. The number of benzene rings is 3. The summed E-state index contributed by atoms with van der Waals surface area (Å²) in [5, 5.41) is 1.78. The highest BCUT2D eigenvalue weighted by atomic mass is 32.2. The van der Waals surface area contributed by atoms with E-state index < -0.39 is 35.0 Å². The molecule has 230 valence electrons. The highest BCUT2D eigenvalue weighted by Gasteiger charge is 2.39. The molecule has 2 N–H and O–H groups in total. The maximum Gasteiger partial charge on any atom is 0.332 e. The first-order valence-corrected chi connectivity index (χ1v) is 18.8. The van der Waals surface area contributed by atoms with E-state index in [2.05, 4.69) is 57.4 Å². The number of fused-ring (bicyclic) bond motifs is 1. The van der Waals surface area contributed by atoms with Gasteiger partial charge in [0.2, 0.25) is 10.0 Å². The average Bonchev–Trinajstić information content (AvgIpc) is 2.89. The molecule has 0 aliphatic carbocycles. The van der Waals surface area contributed by atoms with Gasteiger partial charge in [0.15, 0.2) is 8.32 Å². The number of hydrogen-bond acceptors (Lipinski definition) is 6. The summed E-state index contributed by atoms with van der Waals surface area (Å²) in [6, 6.07) is 16.3. The van der Waals surface area contributed by atoms with Crippen molar-refractivity contribution in [2.75, 3.05) is 24.7 Å². The third-order valence-electron chi connectivity index (χ3n) is 8.16. The molecule has 0 spiro atoms. The van der Waals surface area contributed by atoms with Crippen molar-refractivity contribution < 1.29 is 17.6 Å². The van der Waals surface area contributed by atoms with Gasteiger partial charge >= 0.3 is 5.69 Å². The first-order valence-electron chi connectivity index (χ1n) is 14.0. The Hall–Kier alpha value is -3.67. The van der Waals surface area contributed by atoms with Gasteiger partial charge < -0.3 is 9.16 Å². The standard InChI is InChI=1S/C32H41N3O6SSi/c1-31(2,3)43(8,9)41-20-32(4,5)27-19-25(35-15-14-28(36)33-30(35)37)18-26(29(27)40-6)23-11-10-22-17-24(34-42(7,38)39)13-12-21(22)16-23/h10-19,34H,20H2,1-9H3,(H,33,36,37). The second-order valence-electron chi connectivity index (χ2n) is 13.1. The van der Waals surface area contributed by atoms with Crippen molar-refractivity contribution in [2.24, 2.45) is 0 Å². The first kappa shape index (κ1) is 32.2. The molecular weight excluding hydrogens is 583 g/mol. The van der Waals surface area contributed by atoms with Crippen LogP contribution in [0.3, 0.4) is 0 Å². The predicted octanol–water partition coefficient (Wildman–Crippen LogP) is 6.03. The lowest BCUT2D eigenvalue weighted by Gasteiger charge is -2.39. The van der Waals surface area contributed by atoms with Crippen LogP contribution in [0.5, 0.6) is 5.75 Å². The van der Waals surface area contributed by atoms with Crippen LogP contribution >= 0.6 is 0 Å². The summed E-state index contributed by atoms with van der Waals surface area (Å²) in [6.07, 6.45) is 2.58. The summed E-state index contributed by atoms with van der Waals surface area (Å²) in [4.78, 5) is 27.1. The first-order chi connectivity index (χ1) is 19.8. The largest absolute Gasteiger partial charge is 0.496 e. The summed E-state index contributed by atoms with van der Waals surface area (Å²) in [6.45, 7) is 15.7. The molecule has 11 heteroatoms. The van der Waals surface area contributed by atoms with E-state index in [9.17, 15) is 18.0 Å². The molecule has 9 nitrogen and oxygen atoms in total. The van der Waals surface area contributed by atoms with E-state index in [1.54, 1.807) is 19.2 Å². The van der Waals surface area contributed by atoms with Crippen LogP contribution in [-0.2, 0) is 19.9 Å². The van der Waals surface area contributed by atoms with Crippen molar-refractivity contribution in [1.29, 1.82) is 0 Å². The Kier molecular flexibility index (Phi) is 8.58. The van der Waals surface area contributed by atoms with Crippen LogP contribution in [0.25, 0.3) is 27.6 Å². The van der Waals surface area contributed by atoms with Gasteiger partial charge in [-0.05, 0) is 64.8 Å². The van der Waals surface area contributed by atoms with Crippen LogP contribution in [0, 0.1) is 0 Å². The van der Waals surface area contributed by atoms with Gasteiger partial charge in [0.05, 0.1) is 19.1 Å². The fourth-order valence-corrected chi connectivity index (χ4v) is 6.37. The molecule has 0 aliphatic heterocycles. The minimum Gasteiger partial charge on any atom is -0.496 e. The number of ether oxygens (including phenoxy) is 1. The lowest BCUT2D eigenvalue weighted by molar-refractivity contribution is 0.217. The fourth-order valence-electron chi connectivity index (χ4n) is 4.66. The number of nitrogens with zero attached hydrogens (tertiary/aromatic N) is 1. The molecule has 0 radical (unpaired) electrons. The molecule has 0 atom stereocenters. The Morgan fingerprint density at radius 3 is 2.19 bits per heavy atom. The average molecular weight is 624 g/mol. The zero-order valence-electron chi connectivity index (χ0n) is 26.3. The maximum absolute atomic E-state index is 12.9. The second kappa shape index (κ2) is 11.4. The van der Waals surface area contributed by atoms with Gasteiger partial charge in [-0.3, -0.25) is 19.1 Å². The monoisotopic (exact) mass is 623 g/mol. The number of H-pyrrole nitrogens is 1. The van der Waals surface area contributed by atoms with Crippen LogP contribution in [-0.4, -0.2) is 46.3 Å². The third-order valence-corrected chi connectivity index (χ3v) is 13.2. The lowest BCUT2D eigenvalue weighted by Crippen LogP contribution is -2.44. The number of hydrogen-bond donors (Lipinski definition) is 2. The molecular formula is C32H41N3O6SSi. The number of sulfonamides is 1. The highest BCUT2D eigenvalue weighted by Crippen LogP contribution is 2.44. The van der Waals surface area contributed by atoms with Crippen LogP contribution in [0.15, 0.2) is 70.4 Å². The molecule has 4 rings (SSSR count). The quantitative estimate of drug-likeness (QED) is 0.220. The van der Waals surface area contributed by atoms with Crippen molar-refractivity contribution in [3.63, 3.8) is 0 Å². The Labute approximate surface area is 254 Å². The van der Waals surface area contributed by atoms with Crippen molar-refractivity contribution in [3.05, 3.63) is 87.2 Å². The summed E-state index contributed by atoms with van der Waals surface area (Å²) < 4.78 is 40.1. The number of aromatic amines is 1. The van der Waals surface area contributed by atoms with Crippen LogP contribution < -0.4 is 20.7 Å². The van der Waals surface area contributed by atoms with E-state index in [1.807, 2.05) is 36.4 Å². The molecule has 0 unspecified atom stereocenters. The number of anilines is 1. The molecule has 0 amide bonds. The van der Waals surface area contributed by atoms with Crippen molar-refractivity contribution in [3.8, 4) is 22.6 Å². The topological polar surface area (TPSA) is 119 Å². The molecule has 43 heavy (non-hydrogen) atoms. The molecule has 0 aliphatic rings. The molecule has 4 aromatic rings. The summed E-state index contributed by atoms with van der Waals surface area (Å²) in [7, 11) is -3.86. The molecule has 0 saturated heterocycles. The Morgan fingerprint density at radius 1 is 0.930 bits per heavy atom. The SMILES string of the molecule is COc1c(-c2ccc3cc(NS(C)(=O)=O)ccc3c2)cc(-n2ccc(=O)[nH]c2=O)cc1C(C)(C)CO[Si](C)(C)C(C)(C)C. The maximum atomic E-state index is 12.9. The van der Waals surface area contributed by atoms with E-state index in [0.29, 0.717) is 23.7 Å². The van der Waals surface area contributed by atoms with Crippen LogP contribution in [0.2, 0.25) is 18.1 Å². The van der Waals surface area contributed by atoms with Crippen LogP contribution in [0.1, 0.15) is 40.2 Å². The molecule has 0 bridgehead atoms. The van der Waals surface area contributed by atoms with E-state index in [4.69, 9.17) is 9.16 Å². The zero-order chi connectivity index (χ0) is 32.0.